The lowest BCUT2D eigenvalue weighted by molar-refractivity contribution is -0.658. The molecule has 0 radical (unpaired) electrons. The maximum Gasteiger partial charge on any atom is 0.538 e. The van der Waals surface area contributed by atoms with Crippen LogP contribution < -0.4 is 19.7 Å². The summed E-state index contributed by atoms with van der Waals surface area (Å²) in [6, 6.07) is 39.3. The third-order valence-electron chi connectivity index (χ3n) is 7.57. The standard InChI is InChI=1S/C33H31BN3/c1-24-21-22-25(2)33-32(24)36(4)34(37(33)30-20-11-12-23-35(30)3)31-28(26-14-7-5-8-15-26)18-13-19-29(31)27-16-9-6-10-17-27/h5-23H,1-4H3/q+1. The van der Waals surface area contributed by atoms with Crippen molar-refractivity contribution < 1.29 is 4.57 Å². The second-order valence-electron chi connectivity index (χ2n) is 9.92. The van der Waals surface area contributed by atoms with Crippen LogP contribution in [0.4, 0.5) is 17.2 Å². The molecule has 1 aromatic heterocycles. The predicted octanol–water partition coefficient (Wildman–Crippen LogP) is 6.45. The molecule has 0 spiro atoms. The number of aromatic nitrogens is 1. The van der Waals surface area contributed by atoms with Gasteiger partial charge in [-0.05, 0) is 60.3 Å². The van der Waals surface area contributed by atoms with Crippen LogP contribution in [0.15, 0.2) is 115 Å². The molecule has 0 bridgehead atoms. The van der Waals surface area contributed by atoms with E-state index in [9.17, 15) is 0 Å². The zero-order chi connectivity index (χ0) is 25.5. The molecule has 0 fully saturated rings. The largest absolute Gasteiger partial charge is 0.538 e. The minimum atomic E-state index is -0.0324. The topological polar surface area (TPSA) is 10.4 Å². The Morgan fingerprint density at radius 1 is 0.595 bits per heavy atom. The van der Waals surface area contributed by atoms with Gasteiger partial charge in [-0.3, -0.25) is 4.81 Å². The molecule has 180 valence electrons. The van der Waals surface area contributed by atoms with Crippen LogP contribution in [0.2, 0.25) is 0 Å². The lowest BCUT2D eigenvalue weighted by Crippen LogP contribution is -2.57. The summed E-state index contributed by atoms with van der Waals surface area (Å²) in [7, 11) is 4.38. The highest BCUT2D eigenvalue weighted by Crippen LogP contribution is 2.46. The van der Waals surface area contributed by atoms with Gasteiger partial charge >= 0.3 is 6.98 Å². The first-order chi connectivity index (χ1) is 18.1. The van der Waals surface area contributed by atoms with Crippen LogP contribution >= 0.6 is 0 Å². The maximum atomic E-state index is 2.53. The van der Waals surface area contributed by atoms with Crippen molar-refractivity contribution in [2.45, 2.75) is 13.8 Å². The lowest BCUT2D eigenvalue weighted by atomic mass is 9.60. The van der Waals surface area contributed by atoms with Crippen molar-refractivity contribution in [1.82, 2.24) is 0 Å². The van der Waals surface area contributed by atoms with E-state index in [1.54, 1.807) is 0 Å². The van der Waals surface area contributed by atoms with Gasteiger partial charge in [-0.2, -0.15) is 0 Å². The molecule has 0 atom stereocenters. The molecule has 0 aliphatic carbocycles. The van der Waals surface area contributed by atoms with Crippen LogP contribution in [0.5, 0.6) is 0 Å². The van der Waals surface area contributed by atoms with Gasteiger partial charge in [0.25, 0.3) is 5.82 Å². The minimum absolute atomic E-state index is 0.0324. The molecule has 0 unspecified atom stereocenters. The van der Waals surface area contributed by atoms with Gasteiger partial charge in [0.1, 0.15) is 5.69 Å². The molecule has 1 aliphatic rings. The SMILES string of the molecule is Cc1ccc(C)c2c1N(C)B(c1c(-c3ccccc3)cccc1-c1ccccc1)N2c1cccc[n+]1C. The van der Waals surface area contributed by atoms with Crippen molar-refractivity contribution in [2.24, 2.45) is 7.05 Å². The van der Waals surface area contributed by atoms with Gasteiger partial charge in [0.05, 0.1) is 18.9 Å². The van der Waals surface area contributed by atoms with E-state index >= 15 is 0 Å². The minimum Gasteiger partial charge on any atom is -0.369 e. The van der Waals surface area contributed by atoms with Crippen LogP contribution in [-0.4, -0.2) is 14.0 Å². The monoisotopic (exact) mass is 480 g/mol. The molecular formula is C33H31BN3+. The molecule has 0 saturated heterocycles. The number of aryl methyl sites for hydroxylation is 3. The van der Waals surface area contributed by atoms with Gasteiger partial charge in [-0.15, -0.1) is 0 Å². The van der Waals surface area contributed by atoms with Gasteiger partial charge < -0.3 is 4.81 Å². The lowest BCUT2D eigenvalue weighted by Gasteiger charge is -2.26. The Balaban J connectivity index is 1.71. The average molecular weight is 480 g/mol. The average Bonchev–Trinajstić information content (AvgIpc) is 3.25. The van der Waals surface area contributed by atoms with Crippen molar-refractivity contribution in [3.63, 3.8) is 0 Å². The Hall–Kier alpha value is -4.31. The van der Waals surface area contributed by atoms with E-state index in [1.165, 1.54) is 50.2 Å². The van der Waals surface area contributed by atoms with Crippen LogP contribution in [0.1, 0.15) is 11.1 Å². The summed E-state index contributed by atoms with van der Waals surface area (Å²) in [6.07, 6.45) is 2.14. The summed E-state index contributed by atoms with van der Waals surface area (Å²) in [5.74, 6) is 1.16. The molecule has 6 rings (SSSR count). The number of fused-ring (bicyclic) bond motifs is 1. The number of nitrogens with zero attached hydrogens (tertiary/aromatic N) is 3. The van der Waals surface area contributed by atoms with Crippen LogP contribution in [-0.2, 0) is 7.05 Å². The number of anilines is 3. The zero-order valence-corrected chi connectivity index (χ0v) is 21.9. The number of benzene rings is 4. The number of hydrogen-bond donors (Lipinski definition) is 0. The van der Waals surface area contributed by atoms with Crippen molar-refractivity contribution in [1.29, 1.82) is 0 Å². The predicted molar refractivity (Wildman–Crippen MR) is 157 cm³/mol. The fraction of sp³-hybridized carbons (Fsp3) is 0.121. The van der Waals surface area contributed by atoms with E-state index in [-0.39, 0.29) is 6.98 Å². The number of hydrogen-bond acceptors (Lipinski definition) is 2. The highest BCUT2D eigenvalue weighted by Gasteiger charge is 2.52. The third-order valence-corrected chi connectivity index (χ3v) is 7.57. The van der Waals surface area contributed by atoms with Gasteiger partial charge in [0, 0.05) is 11.5 Å². The van der Waals surface area contributed by atoms with Crippen LogP contribution in [0.25, 0.3) is 22.3 Å². The Morgan fingerprint density at radius 3 is 1.70 bits per heavy atom. The molecule has 1 aliphatic heterocycles. The Bertz CT molecular complexity index is 1520. The summed E-state index contributed by atoms with van der Waals surface area (Å²) in [4.78, 5) is 5.00. The van der Waals surface area contributed by atoms with Crippen LogP contribution in [0.3, 0.4) is 0 Å². The molecule has 0 N–H and O–H groups in total. The second kappa shape index (κ2) is 9.29. The number of pyridine rings is 1. The number of rotatable bonds is 4. The molecule has 0 amide bonds. The quantitative estimate of drug-likeness (QED) is 0.216. The fourth-order valence-corrected chi connectivity index (χ4v) is 5.86. The summed E-state index contributed by atoms with van der Waals surface area (Å²) in [5.41, 5.74) is 11.4. The second-order valence-corrected chi connectivity index (χ2v) is 9.92. The van der Waals surface area contributed by atoms with E-state index < -0.39 is 0 Å². The van der Waals surface area contributed by atoms with Gasteiger partial charge in [-0.25, -0.2) is 4.57 Å². The van der Waals surface area contributed by atoms with Gasteiger partial charge in [-0.1, -0.05) is 97.1 Å². The molecular weight excluding hydrogens is 449 g/mol. The smallest absolute Gasteiger partial charge is 0.369 e. The first kappa shape index (κ1) is 23.1. The van der Waals surface area contributed by atoms with Crippen molar-refractivity contribution in [2.75, 3.05) is 16.7 Å². The molecule has 2 heterocycles. The Morgan fingerprint density at radius 2 is 1.14 bits per heavy atom. The van der Waals surface area contributed by atoms with E-state index in [1.807, 2.05) is 0 Å². The summed E-state index contributed by atoms with van der Waals surface area (Å²) < 4.78 is 2.23. The summed E-state index contributed by atoms with van der Waals surface area (Å²) in [6.45, 7) is 4.42. The maximum absolute atomic E-state index is 2.53. The molecule has 0 saturated carbocycles. The fourth-order valence-electron chi connectivity index (χ4n) is 5.86. The normalized spacial score (nSPS) is 12.7. The highest BCUT2D eigenvalue weighted by molar-refractivity contribution is 6.85. The Labute approximate surface area is 220 Å². The van der Waals surface area contributed by atoms with Crippen LogP contribution in [0, 0.1) is 13.8 Å². The summed E-state index contributed by atoms with van der Waals surface area (Å²) >= 11 is 0. The van der Waals surface area contributed by atoms with E-state index in [2.05, 4.69) is 158 Å². The third kappa shape index (κ3) is 3.81. The van der Waals surface area contributed by atoms with Crippen molar-refractivity contribution in [3.05, 3.63) is 127 Å². The van der Waals surface area contributed by atoms with E-state index in [0.717, 1.165) is 5.82 Å². The Kier molecular flexibility index (Phi) is 5.80. The van der Waals surface area contributed by atoms with E-state index in [0.29, 0.717) is 0 Å². The van der Waals surface area contributed by atoms with E-state index in [4.69, 9.17) is 0 Å². The van der Waals surface area contributed by atoms with Crippen molar-refractivity contribution >= 4 is 29.6 Å². The molecule has 37 heavy (non-hydrogen) atoms. The first-order valence-electron chi connectivity index (χ1n) is 12.9. The molecule has 5 aromatic rings. The molecule has 3 nitrogen and oxygen atoms in total. The first-order valence-corrected chi connectivity index (χ1v) is 12.9. The van der Waals surface area contributed by atoms with Gasteiger partial charge in [0.15, 0.2) is 0 Å². The summed E-state index contributed by atoms with van der Waals surface area (Å²) in [5, 5.41) is 0. The molecule has 4 aromatic carbocycles. The molecule has 4 heteroatoms. The van der Waals surface area contributed by atoms with Gasteiger partial charge in [0.2, 0.25) is 0 Å². The zero-order valence-electron chi connectivity index (χ0n) is 21.9. The highest BCUT2D eigenvalue weighted by atomic mass is 15.3. The van der Waals surface area contributed by atoms with Crippen molar-refractivity contribution in [3.8, 4) is 22.3 Å².